The second-order valence-corrected chi connectivity index (χ2v) is 5.33. The summed E-state index contributed by atoms with van der Waals surface area (Å²) in [5.74, 6) is 1.50. The molecule has 1 fully saturated rings. The van der Waals surface area contributed by atoms with Crippen molar-refractivity contribution in [2.24, 2.45) is 5.73 Å². The molecular formula is C11H16N6S. The van der Waals surface area contributed by atoms with Gasteiger partial charge < -0.3 is 16.4 Å². The molecule has 4 N–H and O–H groups in total. The zero-order valence-corrected chi connectivity index (χ0v) is 11.0. The van der Waals surface area contributed by atoms with Crippen LogP contribution in [0.3, 0.4) is 0 Å². The van der Waals surface area contributed by atoms with E-state index in [1.165, 1.54) is 0 Å². The van der Waals surface area contributed by atoms with Gasteiger partial charge in [-0.25, -0.2) is 4.98 Å². The highest BCUT2D eigenvalue weighted by molar-refractivity contribution is 7.98. The fourth-order valence-electron chi connectivity index (χ4n) is 2.25. The molecule has 2 aromatic rings. The zero-order valence-electron chi connectivity index (χ0n) is 10.2. The first kappa shape index (κ1) is 11.6. The Morgan fingerprint density at radius 3 is 3.00 bits per heavy atom. The molecule has 0 bridgehead atoms. The molecule has 6 nitrogen and oxygen atoms in total. The molecular weight excluding hydrogens is 248 g/mol. The van der Waals surface area contributed by atoms with Gasteiger partial charge in [-0.3, -0.25) is 0 Å². The third-order valence-corrected chi connectivity index (χ3v) is 3.95. The number of nitrogen functional groups attached to an aromatic ring is 1. The number of nitrogens with two attached hydrogens (primary N) is 2. The van der Waals surface area contributed by atoms with E-state index < -0.39 is 0 Å². The average Bonchev–Trinajstić information content (AvgIpc) is 2.95. The lowest BCUT2D eigenvalue weighted by atomic mass is 10.3. The molecule has 18 heavy (non-hydrogen) atoms. The standard InChI is InChI=1S/C11H16N6S/c1-18-8-5-14-17-9(13)4-10(15-11(8)17)16-3-2-7(12)6-16/h4-5,7H,2-3,6,12-13H2,1H3/t7-/m0/s1. The lowest BCUT2D eigenvalue weighted by Gasteiger charge is -2.17. The molecule has 0 radical (unpaired) electrons. The van der Waals surface area contributed by atoms with E-state index in [0.717, 1.165) is 35.9 Å². The predicted molar refractivity (Wildman–Crippen MR) is 74.0 cm³/mol. The van der Waals surface area contributed by atoms with Crippen molar-refractivity contribution in [3.8, 4) is 0 Å². The summed E-state index contributed by atoms with van der Waals surface area (Å²) in [6.45, 7) is 1.78. The van der Waals surface area contributed by atoms with Gasteiger partial charge in [-0.05, 0) is 12.7 Å². The Hall–Kier alpha value is -1.47. The van der Waals surface area contributed by atoms with Gasteiger partial charge in [0.1, 0.15) is 11.6 Å². The van der Waals surface area contributed by atoms with Crippen LogP contribution >= 0.6 is 11.8 Å². The Balaban J connectivity index is 2.08. The molecule has 0 aromatic carbocycles. The van der Waals surface area contributed by atoms with E-state index in [-0.39, 0.29) is 6.04 Å². The molecule has 0 saturated carbocycles. The van der Waals surface area contributed by atoms with Crippen molar-refractivity contribution in [2.45, 2.75) is 17.4 Å². The van der Waals surface area contributed by atoms with E-state index in [1.54, 1.807) is 22.5 Å². The van der Waals surface area contributed by atoms with Crippen molar-refractivity contribution in [3.05, 3.63) is 12.3 Å². The van der Waals surface area contributed by atoms with Crippen molar-refractivity contribution in [1.82, 2.24) is 14.6 Å². The highest BCUT2D eigenvalue weighted by Gasteiger charge is 2.21. The van der Waals surface area contributed by atoms with Gasteiger partial charge >= 0.3 is 0 Å². The molecule has 2 aromatic heterocycles. The van der Waals surface area contributed by atoms with Crippen LogP contribution in [0.1, 0.15) is 6.42 Å². The number of fused-ring (bicyclic) bond motifs is 1. The van der Waals surface area contributed by atoms with Crippen LogP contribution in [-0.2, 0) is 0 Å². The molecule has 1 aliphatic rings. The lowest BCUT2D eigenvalue weighted by molar-refractivity contribution is 0.751. The first-order chi connectivity index (χ1) is 8.69. The summed E-state index contributed by atoms with van der Waals surface area (Å²) in [6, 6.07) is 2.09. The van der Waals surface area contributed by atoms with Crippen LogP contribution in [0.5, 0.6) is 0 Å². The minimum Gasteiger partial charge on any atom is -0.383 e. The van der Waals surface area contributed by atoms with Crippen molar-refractivity contribution < 1.29 is 0 Å². The summed E-state index contributed by atoms with van der Waals surface area (Å²) in [7, 11) is 0. The summed E-state index contributed by atoms with van der Waals surface area (Å²) in [6.07, 6.45) is 4.80. The largest absolute Gasteiger partial charge is 0.383 e. The second kappa shape index (κ2) is 4.33. The minimum atomic E-state index is 0.231. The van der Waals surface area contributed by atoms with Crippen LogP contribution in [0.15, 0.2) is 17.2 Å². The van der Waals surface area contributed by atoms with Gasteiger partial charge in [0.2, 0.25) is 0 Å². The van der Waals surface area contributed by atoms with Crippen molar-refractivity contribution in [2.75, 3.05) is 30.0 Å². The summed E-state index contributed by atoms with van der Waals surface area (Å²) in [5.41, 5.74) is 12.8. The summed E-state index contributed by atoms with van der Waals surface area (Å²) in [5, 5.41) is 4.24. The number of thioether (sulfide) groups is 1. The smallest absolute Gasteiger partial charge is 0.173 e. The SMILES string of the molecule is CSc1cnn2c(N)cc(N3CC[C@H](N)C3)nc12. The van der Waals surface area contributed by atoms with E-state index in [1.807, 2.05) is 12.3 Å². The topological polar surface area (TPSA) is 85.5 Å². The quantitative estimate of drug-likeness (QED) is 0.771. The maximum atomic E-state index is 6.02. The fraction of sp³-hybridized carbons (Fsp3) is 0.455. The monoisotopic (exact) mass is 264 g/mol. The van der Waals surface area contributed by atoms with Crippen LogP contribution in [-0.4, -0.2) is 40.0 Å². The third kappa shape index (κ3) is 1.79. The molecule has 1 saturated heterocycles. The summed E-state index contributed by atoms with van der Waals surface area (Å²) < 4.78 is 1.67. The number of hydrogen-bond donors (Lipinski definition) is 2. The predicted octanol–water partition coefficient (Wildman–Crippen LogP) is 0.571. The maximum absolute atomic E-state index is 6.02. The van der Waals surface area contributed by atoms with Gasteiger partial charge in [-0.1, -0.05) is 0 Å². The number of nitrogens with zero attached hydrogens (tertiary/aromatic N) is 4. The van der Waals surface area contributed by atoms with Crippen LogP contribution in [0, 0.1) is 0 Å². The molecule has 0 unspecified atom stereocenters. The number of aromatic nitrogens is 3. The molecule has 0 amide bonds. The molecule has 0 aliphatic carbocycles. The highest BCUT2D eigenvalue weighted by atomic mass is 32.2. The molecule has 96 valence electrons. The second-order valence-electron chi connectivity index (χ2n) is 4.48. The minimum absolute atomic E-state index is 0.231. The average molecular weight is 264 g/mol. The lowest BCUT2D eigenvalue weighted by Crippen LogP contribution is -2.27. The van der Waals surface area contributed by atoms with E-state index >= 15 is 0 Å². The van der Waals surface area contributed by atoms with Crippen molar-refractivity contribution in [3.63, 3.8) is 0 Å². The van der Waals surface area contributed by atoms with Gasteiger partial charge in [0.25, 0.3) is 0 Å². The van der Waals surface area contributed by atoms with E-state index in [0.29, 0.717) is 5.82 Å². The summed E-state index contributed by atoms with van der Waals surface area (Å²) >= 11 is 1.62. The number of hydrogen-bond acceptors (Lipinski definition) is 6. The van der Waals surface area contributed by atoms with Crippen LogP contribution in [0.25, 0.3) is 5.65 Å². The fourth-order valence-corrected chi connectivity index (χ4v) is 2.72. The van der Waals surface area contributed by atoms with Gasteiger partial charge in [0, 0.05) is 25.2 Å². The van der Waals surface area contributed by atoms with Crippen LogP contribution in [0.2, 0.25) is 0 Å². The van der Waals surface area contributed by atoms with Crippen LogP contribution in [0.4, 0.5) is 11.6 Å². The number of rotatable bonds is 2. The Bertz CT molecular complexity index is 580. The van der Waals surface area contributed by atoms with Gasteiger partial charge in [0.05, 0.1) is 11.1 Å². The molecule has 7 heteroatoms. The summed E-state index contributed by atoms with van der Waals surface area (Å²) in [4.78, 5) is 7.87. The van der Waals surface area contributed by atoms with Gasteiger partial charge in [0.15, 0.2) is 5.65 Å². The Labute approximate surface area is 109 Å². The van der Waals surface area contributed by atoms with E-state index in [4.69, 9.17) is 11.5 Å². The molecule has 1 atom stereocenters. The first-order valence-corrected chi connectivity index (χ1v) is 7.10. The molecule has 3 rings (SSSR count). The van der Waals surface area contributed by atoms with Gasteiger partial charge in [-0.2, -0.15) is 9.61 Å². The first-order valence-electron chi connectivity index (χ1n) is 5.88. The molecule has 1 aliphatic heterocycles. The third-order valence-electron chi connectivity index (χ3n) is 3.22. The van der Waals surface area contributed by atoms with E-state index in [2.05, 4.69) is 15.0 Å². The number of anilines is 2. The Morgan fingerprint density at radius 1 is 1.50 bits per heavy atom. The van der Waals surface area contributed by atoms with Crippen molar-refractivity contribution in [1.29, 1.82) is 0 Å². The van der Waals surface area contributed by atoms with Gasteiger partial charge in [-0.15, -0.1) is 11.8 Å². The molecule has 3 heterocycles. The normalized spacial score (nSPS) is 19.9. The van der Waals surface area contributed by atoms with E-state index in [9.17, 15) is 0 Å². The van der Waals surface area contributed by atoms with Crippen molar-refractivity contribution >= 4 is 29.0 Å². The molecule has 0 spiro atoms. The zero-order chi connectivity index (χ0) is 12.7. The Kier molecular flexibility index (Phi) is 2.79. The highest BCUT2D eigenvalue weighted by Crippen LogP contribution is 2.26. The Morgan fingerprint density at radius 2 is 2.33 bits per heavy atom. The maximum Gasteiger partial charge on any atom is 0.173 e. The van der Waals surface area contributed by atoms with Crippen LogP contribution < -0.4 is 16.4 Å².